The summed E-state index contributed by atoms with van der Waals surface area (Å²) in [6.07, 6.45) is 6.28. The van der Waals surface area contributed by atoms with Gasteiger partial charge in [-0.2, -0.15) is 10.4 Å². The number of carbonyl (C=O) groups is 1. The van der Waals surface area contributed by atoms with Crippen molar-refractivity contribution in [3.8, 4) is 28.8 Å². The normalized spacial score (nSPS) is 15.6. The van der Waals surface area contributed by atoms with Crippen LogP contribution in [0.3, 0.4) is 0 Å². The lowest BCUT2D eigenvalue weighted by Gasteiger charge is -2.32. The first kappa shape index (κ1) is 21.3. The molecule has 0 radical (unpaired) electrons. The third-order valence-corrected chi connectivity index (χ3v) is 5.95. The van der Waals surface area contributed by atoms with E-state index in [1.807, 2.05) is 47.1 Å². The maximum atomic E-state index is 12.2. The minimum absolute atomic E-state index is 0.0324. The van der Waals surface area contributed by atoms with E-state index in [4.69, 9.17) is 9.84 Å². The Bertz CT molecular complexity index is 1410. The monoisotopic (exact) mass is 450 g/mol. The van der Waals surface area contributed by atoms with Crippen LogP contribution < -0.4 is 4.74 Å². The van der Waals surface area contributed by atoms with Crippen LogP contribution in [0.25, 0.3) is 22.3 Å². The Kier molecular flexibility index (Phi) is 5.75. The van der Waals surface area contributed by atoms with Crippen molar-refractivity contribution in [2.75, 3.05) is 13.1 Å². The quantitative estimate of drug-likeness (QED) is 0.415. The van der Waals surface area contributed by atoms with Gasteiger partial charge in [-0.1, -0.05) is 24.8 Å². The number of ether oxygens (including phenoxy) is 1. The predicted molar refractivity (Wildman–Crippen MR) is 127 cm³/mol. The number of fused-ring (bicyclic) bond motifs is 1. The summed E-state index contributed by atoms with van der Waals surface area (Å²) in [5.41, 5.74) is 2.43. The maximum absolute atomic E-state index is 12.2. The van der Waals surface area contributed by atoms with E-state index in [2.05, 4.69) is 22.6 Å². The van der Waals surface area contributed by atoms with Crippen molar-refractivity contribution in [3.05, 3.63) is 79.3 Å². The highest BCUT2D eigenvalue weighted by Crippen LogP contribution is 2.34. The van der Waals surface area contributed by atoms with Gasteiger partial charge in [-0.25, -0.2) is 14.6 Å². The molecule has 8 heteroatoms. The third-order valence-electron chi connectivity index (χ3n) is 5.95. The van der Waals surface area contributed by atoms with Gasteiger partial charge in [-0.05, 0) is 49.2 Å². The van der Waals surface area contributed by atoms with Crippen molar-refractivity contribution in [2.24, 2.45) is 0 Å². The summed E-state index contributed by atoms with van der Waals surface area (Å²) in [5.74, 6) is 1.17. The van der Waals surface area contributed by atoms with E-state index in [9.17, 15) is 10.1 Å². The maximum Gasteiger partial charge on any atom is 0.246 e. The number of rotatable bonds is 5. The summed E-state index contributed by atoms with van der Waals surface area (Å²) in [4.78, 5) is 22.6. The van der Waals surface area contributed by atoms with E-state index in [0.29, 0.717) is 47.1 Å². The number of para-hydroxylation sites is 1. The summed E-state index contributed by atoms with van der Waals surface area (Å²) in [6, 6.07) is 17.0. The Morgan fingerprint density at radius 2 is 2.06 bits per heavy atom. The number of carbonyl (C=O) groups excluding carboxylic acids is 1. The van der Waals surface area contributed by atoms with Gasteiger partial charge in [-0.3, -0.25) is 4.79 Å². The number of likely N-dealkylation sites (tertiary alicyclic amines) is 1. The van der Waals surface area contributed by atoms with Crippen molar-refractivity contribution in [3.63, 3.8) is 0 Å². The summed E-state index contributed by atoms with van der Waals surface area (Å²) >= 11 is 0. The van der Waals surface area contributed by atoms with E-state index >= 15 is 0 Å². The summed E-state index contributed by atoms with van der Waals surface area (Å²) < 4.78 is 7.76. The van der Waals surface area contributed by atoms with Crippen molar-refractivity contribution in [2.45, 2.75) is 18.9 Å². The van der Waals surface area contributed by atoms with Crippen molar-refractivity contribution >= 4 is 16.9 Å². The van der Waals surface area contributed by atoms with Gasteiger partial charge in [0.05, 0.1) is 23.1 Å². The molecule has 168 valence electrons. The van der Waals surface area contributed by atoms with E-state index in [1.165, 1.54) is 12.4 Å². The van der Waals surface area contributed by atoms with Crippen LogP contribution in [-0.2, 0) is 4.79 Å². The van der Waals surface area contributed by atoms with E-state index in [1.54, 1.807) is 17.2 Å². The number of amides is 1. The second-order valence-corrected chi connectivity index (χ2v) is 8.07. The van der Waals surface area contributed by atoms with Crippen LogP contribution >= 0.6 is 0 Å². The molecule has 1 saturated heterocycles. The minimum atomic E-state index is -0.0863. The molecule has 0 saturated carbocycles. The Morgan fingerprint density at radius 3 is 2.85 bits per heavy atom. The lowest BCUT2D eigenvalue weighted by molar-refractivity contribution is -0.127. The zero-order chi connectivity index (χ0) is 23.5. The molecule has 2 aromatic heterocycles. The zero-order valence-electron chi connectivity index (χ0n) is 18.5. The molecule has 1 amide bonds. The number of piperidine rings is 1. The van der Waals surface area contributed by atoms with Crippen LogP contribution in [0, 0.1) is 11.3 Å². The van der Waals surface area contributed by atoms with Crippen molar-refractivity contribution in [1.29, 1.82) is 5.26 Å². The molecule has 3 heterocycles. The first-order valence-electron chi connectivity index (χ1n) is 11.0. The molecular formula is C26H22N6O2. The second kappa shape index (κ2) is 9.16. The topological polar surface area (TPSA) is 96.9 Å². The molecule has 1 atom stereocenters. The smallest absolute Gasteiger partial charge is 0.246 e. The van der Waals surface area contributed by atoms with Crippen LogP contribution in [0.15, 0.2) is 73.7 Å². The van der Waals surface area contributed by atoms with Crippen LogP contribution in [-0.4, -0.2) is 43.6 Å². The number of aromatic nitrogens is 4. The van der Waals surface area contributed by atoms with Gasteiger partial charge in [0.25, 0.3) is 0 Å². The van der Waals surface area contributed by atoms with Gasteiger partial charge in [0, 0.05) is 24.8 Å². The van der Waals surface area contributed by atoms with Gasteiger partial charge >= 0.3 is 0 Å². The summed E-state index contributed by atoms with van der Waals surface area (Å²) in [5, 5.41) is 15.5. The lowest BCUT2D eigenvalue weighted by Crippen LogP contribution is -2.40. The fraction of sp³-hybridized carbons (Fsp3) is 0.192. The molecule has 5 rings (SSSR count). The average molecular weight is 451 g/mol. The second-order valence-electron chi connectivity index (χ2n) is 8.07. The van der Waals surface area contributed by atoms with Gasteiger partial charge in [0.1, 0.15) is 23.5 Å². The van der Waals surface area contributed by atoms with Crippen LogP contribution in [0.4, 0.5) is 0 Å². The Hall–Kier alpha value is -4.51. The van der Waals surface area contributed by atoms with Gasteiger partial charge in [0.15, 0.2) is 5.65 Å². The molecule has 8 nitrogen and oxygen atoms in total. The first-order valence-corrected chi connectivity index (χ1v) is 11.0. The fourth-order valence-electron chi connectivity index (χ4n) is 4.33. The first-order chi connectivity index (χ1) is 16.7. The van der Waals surface area contributed by atoms with Crippen LogP contribution in [0.5, 0.6) is 11.5 Å². The van der Waals surface area contributed by atoms with Crippen LogP contribution in [0.2, 0.25) is 0 Å². The van der Waals surface area contributed by atoms with Gasteiger partial charge < -0.3 is 9.64 Å². The van der Waals surface area contributed by atoms with Gasteiger partial charge in [-0.15, -0.1) is 0 Å². The highest BCUT2D eigenvalue weighted by atomic mass is 16.5. The molecular weight excluding hydrogens is 428 g/mol. The molecule has 2 aromatic carbocycles. The number of nitriles is 1. The van der Waals surface area contributed by atoms with E-state index < -0.39 is 0 Å². The SMILES string of the molecule is C=CC(=O)N1CCCC(n2nc(-c3ccc(Oc4ccccc4)cc3C#N)c3cncnc32)C1. The lowest BCUT2D eigenvalue weighted by atomic mass is 10.0. The van der Waals surface area contributed by atoms with Crippen molar-refractivity contribution in [1.82, 2.24) is 24.6 Å². The molecule has 0 aliphatic carbocycles. The standard InChI is InChI=1S/C26H22N6O2/c1-2-24(33)31-12-6-7-19(16-31)32-26-23(15-28-17-29-26)25(30-32)22-11-10-21(13-18(22)14-27)34-20-8-4-3-5-9-20/h2-5,8-11,13,15,17,19H,1,6-7,12,16H2. The van der Waals surface area contributed by atoms with E-state index in [0.717, 1.165) is 18.2 Å². The minimum Gasteiger partial charge on any atom is -0.457 e. The van der Waals surface area contributed by atoms with Crippen LogP contribution in [0.1, 0.15) is 24.4 Å². The highest BCUT2D eigenvalue weighted by Gasteiger charge is 2.27. The predicted octanol–water partition coefficient (Wildman–Crippen LogP) is 4.51. The Labute approximate surface area is 196 Å². The number of hydrogen-bond acceptors (Lipinski definition) is 6. The van der Waals surface area contributed by atoms with Gasteiger partial charge in [0.2, 0.25) is 5.91 Å². The molecule has 0 bridgehead atoms. The molecule has 1 aliphatic heterocycles. The fourth-order valence-corrected chi connectivity index (χ4v) is 4.33. The molecule has 1 aliphatic rings. The molecule has 0 spiro atoms. The molecule has 0 N–H and O–H groups in total. The largest absolute Gasteiger partial charge is 0.457 e. The average Bonchev–Trinajstić information content (AvgIpc) is 3.28. The number of hydrogen-bond donors (Lipinski definition) is 0. The van der Waals surface area contributed by atoms with Crippen molar-refractivity contribution < 1.29 is 9.53 Å². The Morgan fingerprint density at radius 1 is 1.21 bits per heavy atom. The number of benzene rings is 2. The number of nitrogens with zero attached hydrogens (tertiary/aromatic N) is 6. The summed E-state index contributed by atoms with van der Waals surface area (Å²) in [6.45, 7) is 4.83. The third kappa shape index (κ3) is 3.99. The molecule has 34 heavy (non-hydrogen) atoms. The van der Waals surface area contributed by atoms with E-state index in [-0.39, 0.29) is 11.9 Å². The molecule has 1 fully saturated rings. The molecule has 4 aromatic rings. The highest BCUT2D eigenvalue weighted by molar-refractivity contribution is 5.92. The molecule has 1 unspecified atom stereocenters. The zero-order valence-corrected chi connectivity index (χ0v) is 18.5. The summed E-state index contributed by atoms with van der Waals surface area (Å²) in [7, 11) is 0. The Balaban J connectivity index is 1.54.